The van der Waals surface area contributed by atoms with E-state index in [1.807, 2.05) is 24.5 Å². The van der Waals surface area contributed by atoms with Gasteiger partial charge in [0.15, 0.2) is 5.69 Å². The van der Waals surface area contributed by atoms with Gasteiger partial charge in [0.05, 0.1) is 41.0 Å². The fraction of sp³-hybridized carbons (Fsp3) is 0. The van der Waals surface area contributed by atoms with Gasteiger partial charge in [-0.3, -0.25) is 19.9 Å². The third-order valence-electron chi connectivity index (χ3n) is 9.29. The zero-order chi connectivity index (χ0) is 33.6. The Kier molecular flexibility index (Phi) is 6.79. The van der Waals surface area contributed by atoms with Crippen molar-refractivity contribution in [3.63, 3.8) is 0 Å². The summed E-state index contributed by atoms with van der Waals surface area (Å²) in [5.41, 5.74) is 7.98. The maximum atomic E-state index is 9.44. The predicted molar refractivity (Wildman–Crippen MR) is 200 cm³/mol. The molecule has 6 heteroatoms. The van der Waals surface area contributed by atoms with Gasteiger partial charge in [-0.05, 0) is 90.6 Å². The normalized spacial score (nSPS) is 11.2. The topological polar surface area (TPSA) is 79.7 Å². The molecule has 0 N–H and O–H groups in total. The largest absolute Gasteiger partial charge is 0.257 e. The minimum atomic E-state index is 0.529. The van der Waals surface area contributed by atoms with Gasteiger partial charge in [-0.15, -0.1) is 0 Å². The van der Waals surface area contributed by atoms with Crippen LogP contribution in [-0.2, 0) is 0 Å². The van der Waals surface area contributed by atoms with Gasteiger partial charge in [0.1, 0.15) is 0 Å². The zero-order valence-electron chi connectivity index (χ0n) is 26.5. The second-order valence-electron chi connectivity index (χ2n) is 12.1. The van der Waals surface area contributed by atoms with Crippen LogP contribution in [0.1, 0.15) is 5.56 Å². The van der Waals surface area contributed by atoms with Crippen LogP contribution in [0.15, 0.2) is 146 Å². The van der Waals surface area contributed by atoms with Crippen molar-refractivity contribution < 1.29 is 0 Å². The molecule has 6 nitrogen and oxygen atoms in total. The number of pyridine rings is 4. The molecule has 0 atom stereocenters. The van der Waals surface area contributed by atoms with Gasteiger partial charge in [-0.2, -0.15) is 5.26 Å². The van der Waals surface area contributed by atoms with Crippen LogP contribution >= 0.6 is 0 Å². The molecule has 0 aliphatic heterocycles. The average molecular weight is 637 g/mol. The third-order valence-corrected chi connectivity index (χ3v) is 9.29. The minimum absolute atomic E-state index is 0.529. The Morgan fingerprint density at radius 2 is 0.960 bits per heavy atom. The van der Waals surface area contributed by atoms with Crippen molar-refractivity contribution in [2.24, 2.45) is 0 Å². The van der Waals surface area contributed by atoms with Crippen molar-refractivity contribution in [2.45, 2.75) is 0 Å². The van der Waals surface area contributed by atoms with Crippen LogP contribution in [0.5, 0.6) is 0 Å². The molecule has 0 saturated heterocycles. The summed E-state index contributed by atoms with van der Waals surface area (Å²) in [6.07, 6.45) is 7.13. The van der Waals surface area contributed by atoms with Gasteiger partial charge in [0, 0.05) is 35.9 Å². The third kappa shape index (κ3) is 4.64. The zero-order valence-corrected chi connectivity index (χ0v) is 26.5. The van der Waals surface area contributed by atoms with Crippen molar-refractivity contribution >= 4 is 48.8 Å². The summed E-state index contributed by atoms with van der Waals surface area (Å²) >= 11 is 0. The maximum Gasteiger partial charge on any atom is 0.190 e. The molecule has 9 rings (SSSR count). The molecule has 4 heterocycles. The van der Waals surface area contributed by atoms with E-state index < -0.39 is 0 Å². The Hall–Kier alpha value is -7.28. The van der Waals surface area contributed by atoms with E-state index in [0.717, 1.165) is 54.6 Å². The van der Waals surface area contributed by atoms with Gasteiger partial charge >= 0.3 is 0 Å². The first-order chi connectivity index (χ1) is 24.7. The standard InChI is InChI=1S/C44H24N6/c1-46-30-19-21-48-40(23-30)38-17-15-29(26-50-38)42-36-13-7-6-12-35(36)41(28-14-16-37(49-25-28)39-22-27(24-45)18-20-47-39)43-33-10-4-2-8-31(33)32-9-3-5-11-34(32)44(42)43/h2-23,25-26H. The second-order valence-corrected chi connectivity index (χ2v) is 12.1. The Morgan fingerprint density at radius 1 is 0.480 bits per heavy atom. The highest BCUT2D eigenvalue weighted by Gasteiger charge is 2.22. The smallest absolute Gasteiger partial charge is 0.190 e. The molecule has 50 heavy (non-hydrogen) atoms. The molecule has 0 saturated carbocycles. The summed E-state index contributed by atoms with van der Waals surface area (Å²) in [6, 6.07) is 43.1. The molecule has 230 valence electrons. The second kappa shape index (κ2) is 11.8. The number of nitrogens with zero attached hydrogens (tertiary/aromatic N) is 6. The van der Waals surface area contributed by atoms with Crippen LogP contribution in [-0.4, -0.2) is 19.9 Å². The monoisotopic (exact) mass is 636 g/mol. The molecule has 9 aromatic rings. The van der Waals surface area contributed by atoms with Crippen molar-refractivity contribution in [2.75, 3.05) is 0 Å². The molecule has 4 aromatic heterocycles. The quantitative estimate of drug-likeness (QED) is 0.109. The number of hydrogen-bond acceptors (Lipinski definition) is 5. The van der Waals surface area contributed by atoms with Crippen LogP contribution in [0.3, 0.4) is 0 Å². The molecule has 5 aromatic carbocycles. The first-order valence-corrected chi connectivity index (χ1v) is 16.1. The lowest BCUT2D eigenvalue weighted by molar-refractivity contribution is 1.24. The molecule has 0 aliphatic carbocycles. The van der Waals surface area contributed by atoms with E-state index in [1.165, 1.54) is 10.8 Å². The van der Waals surface area contributed by atoms with Crippen molar-refractivity contribution in [3.05, 3.63) is 163 Å². The van der Waals surface area contributed by atoms with Gasteiger partial charge in [0.2, 0.25) is 0 Å². The maximum absolute atomic E-state index is 9.44. The molecule has 0 spiro atoms. The summed E-state index contributed by atoms with van der Waals surface area (Å²) in [7, 11) is 0. The average Bonchev–Trinajstić information content (AvgIpc) is 3.20. The van der Waals surface area contributed by atoms with Crippen LogP contribution in [0.25, 0.3) is 93.0 Å². The first-order valence-electron chi connectivity index (χ1n) is 16.1. The number of rotatable bonds is 4. The van der Waals surface area contributed by atoms with Gasteiger partial charge in [0.25, 0.3) is 0 Å². The molecule has 0 fully saturated rings. The van der Waals surface area contributed by atoms with Crippen molar-refractivity contribution in [3.8, 4) is 51.1 Å². The molecular weight excluding hydrogens is 613 g/mol. The van der Waals surface area contributed by atoms with Gasteiger partial charge in [-0.1, -0.05) is 84.9 Å². The highest BCUT2D eigenvalue weighted by Crippen LogP contribution is 2.49. The van der Waals surface area contributed by atoms with E-state index in [2.05, 4.69) is 106 Å². The summed E-state index contributed by atoms with van der Waals surface area (Å²) in [6.45, 7) is 7.43. The lowest BCUT2D eigenvalue weighted by Crippen LogP contribution is -1.95. The lowest BCUT2D eigenvalue weighted by Gasteiger charge is -2.21. The number of benzene rings is 5. The molecule has 0 aliphatic rings. The number of nitriles is 1. The minimum Gasteiger partial charge on any atom is -0.257 e. The van der Waals surface area contributed by atoms with Crippen LogP contribution in [0, 0.1) is 17.9 Å². The Labute approximate surface area is 287 Å². The summed E-state index contributed by atoms with van der Waals surface area (Å²) in [5.74, 6) is 0. The number of aromatic nitrogens is 4. The van der Waals surface area contributed by atoms with Crippen molar-refractivity contribution in [1.29, 1.82) is 5.26 Å². The van der Waals surface area contributed by atoms with Crippen LogP contribution in [0.2, 0.25) is 0 Å². The van der Waals surface area contributed by atoms with Crippen LogP contribution < -0.4 is 0 Å². The predicted octanol–water partition coefficient (Wildman–Crippen LogP) is 11.0. The first kappa shape index (κ1) is 28.9. The van der Waals surface area contributed by atoms with Gasteiger partial charge in [-0.25, -0.2) is 4.85 Å². The fourth-order valence-corrected chi connectivity index (χ4v) is 7.10. The van der Waals surface area contributed by atoms with E-state index in [1.54, 1.807) is 36.7 Å². The van der Waals surface area contributed by atoms with E-state index in [9.17, 15) is 5.26 Å². The molecule has 0 unspecified atom stereocenters. The summed E-state index contributed by atoms with van der Waals surface area (Å²) in [5, 5.41) is 18.6. The Morgan fingerprint density at radius 3 is 1.44 bits per heavy atom. The van der Waals surface area contributed by atoms with E-state index in [4.69, 9.17) is 16.5 Å². The molecule has 0 bridgehead atoms. The number of hydrogen-bond donors (Lipinski definition) is 0. The summed E-state index contributed by atoms with van der Waals surface area (Å²) in [4.78, 5) is 22.3. The lowest BCUT2D eigenvalue weighted by atomic mass is 9.82. The molecule has 0 amide bonds. The molecular formula is C44H24N6. The number of fused-ring (bicyclic) bond motifs is 7. The SMILES string of the molecule is [C-]#[N+]c1ccnc(-c2ccc(-c3c4ccccc4c(-c4ccc(-c5cc(C#N)ccn5)nc4)c4c5ccccc5c5ccccc5c34)cn2)c1. The Bertz CT molecular complexity index is 2680. The van der Waals surface area contributed by atoms with E-state index in [-0.39, 0.29) is 0 Å². The highest BCUT2D eigenvalue weighted by atomic mass is 14.8. The van der Waals surface area contributed by atoms with Crippen LogP contribution in [0.4, 0.5) is 5.69 Å². The molecule has 0 radical (unpaired) electrons. The van der Waals surface area contributed by atoms with Gasteiger partial charge < -0.3 is 0 Å². The van der Waals surface area contributed by atoms with E-state index >= 15 is 0 Å². The van der Waals surface area contributed by atoms with Crippen molar-refractivity contribution in [1.82, 2.24) is 19.9 Å². The summed E-state index contributed by atoms with van der Waals surface area (Å²) < 4.78 is 0. The highest BCUT2D eigenvalue weighted by molar-refractivity contribution is 6.36. The Balaban J connectivity index is 1.37. The van der Waals surface area contributed by atoms with E-state index in [0.29, 0.717) is 34.0 Å². The fourth-order valence-electron chi connectivity index (χ4n) is 7.10.